The van der Waals surface area contributed by atoms with Gasteiger partial charge in [0.1, 0.15) is 0 Å². The third kappa shape index (κ3) is 2.53. The highest BCUT2D eigenvalue weighted by Gasteiger charge is 2.31. The van der Waals surface area contributed by atoms with Crippen LogP contribution in [0.15, 0.2) is 0 Å². The first-order valence-corrected chi connectivity index (χ1v) is 3.86. The molecule has 0 rings (SSSR count). The Morgan fingerprint density at radius 1 is 1.25 bits per heavy atom. The molecule has 4 nitrogen and oxygen atoms in total. The summed E-state index contributed by atoms with van der Waals surface area (Å²) in [5.74, 6) is -2.93. The number of rotatable bonds is 5. The molecule has 1 radical (unpaired) electrons. The van der Waals surface area contributed by atoms with Crippen molar-refractivity contribution < 1.29 is 19.8 Å². The molecule has 0 aromatic carbocycles. The van der Waals surface area contributed by atoms with E-state index in [1.165, 1.54) is 0 Å². The van der Waals surface area contributed by atoms with Gasteiger partial charge in [0.25, 0.3) is 0 Å². The average Bonchev–Trinajstić information content (AvgIpc) is 1.98. The van der Waals surface area contributed by atoms with E-state index in [0.717, 1.165) is 0 Å². The Morgan fingerprint density at radius 2 is 1.75 bits per heavy atom. The summed E-state index contributed by atoms with van der Waals surface area (Å²) < 4.78 is 0. The van der Waals surface area contributed by atoms with Crippen LogP contribution in [0.1, 0.15) is 26.7 Å². The smallest absolute Gasteiger partial charge is 0.311 e. The van der Waals surface area contributed by atoms with Gasteiger partial charge in [-0.15, -0.1) is 0 Å². The topological polar surface area (TPSA) is 74.6 Å². The monoisotopic (exact) mass is 173 g/mol. The van der Waals surface area contributed by atoms with Gasteiger partial charge < -0.3 is 10.2 Å². The second-order valence-corrected chi connectivity index (χ2v) is 2.48. The van der Waals surface area contributed by atoms with Crippen LogP contribution in [0.4, 0.5) is 0 Å². The predicted octanol–water partition coefficient (Wildman–Crippen LogP) is 1.17. The summed E-state index contributed by atoms with van der Waals surface area (Å²) in [5.41, 5.74) is 0. The van der Waals surface area contributed by atoms with Gasteiger partial charge in [-0.2, -0.15) is 0 Å². The molecule has 4 heteroatoms. The van der Waals surface area contributed by atoms with E-state index >= 15 is 0 Å². The van der Waals surface area contributed by atoms with Crippen LogP contribution in [0.2, 0.25) is 0 Å². The van der Waals surface area contributed by atoms with E-state index in [1.54, 1.807) is 13.8 Å². The lowest BCUT2D eigenvalue weighted by Gasteiger charge is -2.15. The fraction of sp³-hybridized carbons (Fsp3) is 0.625. The quantitative estimate of drug-likeness (QED) is 0.654. The lowest BCUT2D eigenvalue weighted by molar-refractivity contribution is -0.146. The van der Waals surface area contributed by atoms with Crippen molar-refractivity contribution in [2.75, 3.05) is 0 Å². The summed E-state index contributed by atoms with van der Waals surface area (Å²) in [6, 6.07) is 0. The number of carbonyl (C=O) groups is 2. The van der Waals surface area contributed by atoms with E-state index in [1.807, 2.05) is 0 Å². The summed E-state index contributed by atoms with van der Waals surface area (Å²) in [6.07, 6.45) is 0.602. The first kappa shape index (κ1) is 10.9. The molecule has 0 aliphatic carbocycles. The second-order valence-electron chi connectivity index (χ2n) is 2.48. The Kier molecular flexibility index (Phi) is 4.33. The largest absolute Gasteiger partial charge is 0.481 e. The molecule has 0 aromatic rings. The molecule has 0 aliphatic heterocycles. The van der Waals surface area contributed by atoms with Crippen LogP contribution in [0, 0.1) is 11.8 Å². The number of carboxylic acid groups (broad SMARTS) is 2. The number of hydrogen-bond donors (Lipinski definition) is 2. The SMILES string of the molecule is CC[C](C(=O)O)C(CC)C(=O)O. The molecule has 69 valence electrons. The highest BCUT2D eigenvalue weighted by molar-refractivity contribution is 5.90. The summed E-state index contributed by atoms with van der Waals surface area (Å²) in [5, 5.41) is 17.3. The van der Waals surface area contributed by atoms with Gasteiger partial charge in [-0.1, -0.05) is 13.8 Å². The maximum Gasteiger partial charge on any atom is 0.311 e. The van der Waals surface area contributed by atoms with Crippen molar-refractivity contribution in [3.05, 3.63) is 5.92 Å². The van der Waals surface area contributed by atoms with Crippen molar-refractivity contribution in [1.29, 1.82) is 0 Å². The van der Waals surface area contributed by atoms with Gasteiger partial charge in [-0.05, 0) is 12.8 Å². The van der Waals surface area contributed by atoms with Crippen molar-refractivity contribution in [2.24, 2.45) is 5.92 Å². The van der Waals surface area contributed by atoms with E-state index < -0.39 is 17.9 Å². The van der Waals surface area contributed by atoms with E-state index in [0.29, 0.717) is 6.42 Å². The molecule has 0 saturated heterocycles. The maximum absolute atomic E-state index is 10.6. The van der Waals surface area contributed by atoms with E-state index in [9.17, 15) is 9.59 Å². The summed E-state index contributed by atoms with van der Waals surface area (Å²) >= 11 is 0. The van der Waals surface area contributed by atoms with Gasteiger partial charge in [-0.3, -0.25) is 9.59 Å². The number of aliphatic carboxylic acids is 2. The Hall–Kier alpha value is -1.06. The van der Waals surface area contributed by atoms with Crippen molar-refractivity contribution >= 4 is 11.9 Å². The predicted molar refractivity (Wildman–Crippen MR) is 42.6 cm³/mol. The van der Waals surface area contributed by atoms with Crippen molar-refractivity contribution in [3.8, 4) is 0 Å². The molecule has 0 spiro atoms. The van der Waals surface area contributed by atoms with E-state index in [4.69, 9.17) is 10.2 Å². The van der Waals surface area contributed by atoms with Crippen molar-refractivity contribution in [1.82, 2.24) is 0 Å². The van der Waals surface area contributed by atoms with Crippen LogP contribution in [-0.2, 0) is 9.59 Å². The van der Waals surface area contributed by atoms with E-state index in [2.05, 4.69) is 0 Å². The standard InChI is InChI=1S/C8H13O4/c1-3-5(7(9)10)6(4-2)8(11)12/h5H,3-4H2,1-2H3,(H,9,10)(H,11,12). The summed E-state index contributed by atoms with van der Waals surface area (Å²) in [6.45, 7) is 3.31. The molecule has 2 N–H and O–H groups in total. The Labute approximate surface area is 71.2 Å². The van der Waals surface area contributed by atoms with Crippen LogP contribution in [0.25, 0.3) is 0 Å². The molecule has 0 aromatic heterocycles. The molecule has 1 atom stereocenters. The Bertz CT molecular complexity index is 156. The summed E-state index contributed by atoms with van der Waals surface area (Å²) in [7, 11) is 0. The molecule has 1 unspecified atom stereocenters. The minimum absolute atomic E-state index is 0.0741. The minimum Gasteiger partial charge on any atom is -0.481 e. The first-order valence-electron chi connectivity index (χ1n) is 3.86. The zero-order chi connectivity index (χ0) is 9.72. The maximum atomic E-state index is 10.6. The number of carboxylic acids is 2. The molecule has 12 heavy (non-hydrogen) atoms. The lowest BCUT2D eigenvalue weighted by Crippen LogP contribution is -2.26. The molecule has 0 aliphatic rings. The minimum atomic E-state index is -1.10. The zero-order valence-electron chi connectivity index (χ0n) is 7.20. The molecule has 0 amide bonds. The van der Waals surface area contributed by atoms with Gasteiger partial charge in [0, 0.05) is 0 Å². The highest BCUT2D eigenvalue weighted by atomic mass is 16.4. The molecular formula is C8H13O4. The van der Waals surface area contributed by atoms with Gasteiger partial charge >= 0.3 is 11.9 Å². The van der Waals surface area contributed by atoms with Gasteiger partial charge in [0.05, 0.1) is 11.8 Å². The van der Waals surface area contributed by atoms with Crippen LogP contribution >= 0.6 is 0 Å². The molecule has 0 heterocycles. The fourth-order valence-corrected chi connectivity index (χ4v) is 1.12. The third-order valence-corrected chi connectivity index (χ3v) is 1.78. The highest BCUT2D eigenvalue weighted by Crippen LogP contribution is 2.21. The lowest BCUT2D eigenvalue weighted by atomic mass is 9.88. The van der Waals surface area contributed by atoms with Crippen LogP contribution in [0.5, 0.6) is 0 Å². The van der Waals surface area contributed by atoms with E-state index in [-0.39, 0.29) is 12.3 Å². The van der Waals surface area contributed by atoms with Gasteiger partial charge in [0.2, 0.25) is 0 Å². The molecule has 0 saturated carbocycles. The van der Waals surface area contributed by atoms with Crippen molar-refractivity contribution in [2.45, 2.75) is 26.7 Å². The van der Waals surface area contributed by atoms with Crippen LogP contribution < -0.4 is 0 Å². The number of hydrogen-bond acceptors (Lipinski definition) is 2. The molecule has 0 bridgehead atoms. The average molecular weight is 173 g/mol. The summed E-state index contributed by atoms with van der Waals surface area (Å²) in [4.78, 5) is 21.1. The van der Waals surface area contributed by atoms with Gasteiger partial charge in [-0.25, -0.2) is 0 Å². The van der Waals surface area contributed by atoms with Crippen LogP contribution in [0.3, 0.4) is 0 Å². The van der Waals surface area contributed by atoms with Gasteiger partial charge in [0.15, 0.2) is 0 Å². The van der Waals surface area contributed by atoms with Crippen LogP contribution in [-0.4, -0.2) is 22.2 Å². The molecular weight excluding hydrogens is 160 g/mol. The zero-order valence-corrected chi connectivity index (χ0v) is 7.20. The normalized spacial score (nSPS) is 12.9. The molecule has 0 fully saturated rings. The second kappa shape index (κ2) is 4.74. The third-order valence-electron chi connectivity index (χ3n) is 1.78. The first-order chi connectivity index (χ1) is 5.54. The van der Waals surface area contributed by atoms with Crippen molar-refractivity contribution in [3.63, 3.8) is 0 Å². The fourth-order valence-electron chi connectivity index (χ4n) is 1.12. The Morgan fingerprint density at radius 3 is 1.83 bits per heavy atom. The Balaban J connectivity index is 4.44.